The number of halogens is 1. The fraction of sp³-hybridized carbons (Fsp3) is 0.118. The van der Waals surface area contributed by atoms with Crippen LogP contribution in [0.15, 0.2) is 53.6 Å². The summed E-state index contributed by atoms with van der Waals surface area (Å²) in [6, 6.07) is 13.0. The summed E-state index contributed by atoms with van der Waals surface area (Å²) in [5.74, 6) is -0.739. The van der Waals surface area contributed by atoms with E-state index in [4.69, 9.17) is 11.6 Å². The van der Waals surface area contributed by atoms with Crippen molar-refractivity contribution < 1.29 is 14.5 Å². The van der Waals surface area contributed by atoms with E-state index >= 15 is 0 Å². The van der Waals surface area contributed by atoms with Gasteiger partial charge in [0.25, 0.3) is 5.69 Å². The highest BCUT2D eigenvalue weighted by Crippen LogP contribution is 2.24. The van der Waals surface area contributed by atoms with Gasteiger partial charge in [0, 0.05) is 30.2 Å². The number of hydrogen-bond acceptors (Lipinski definition) is 5. The van der Waals surface area contributed by atoms with E-state index in [1.165, 1.54) is 24.4 Å². The Morgan fingerprint density at radius 1 is 1.12 bits per heavy atom. The average molecular weight is 375 g/mol. The molecule has 0 unspecified atom stereocenters. The monoisotopic (exact) mass is 374 g/mol. The molecule has 0 aromatic heterocycles. The number of carbonyl (C=O) groups is 2. The topological polar surface area (TPSA) is 114 Å². The van der Waals surface area contributed by atoms with E-state index in [9.17, 15) is 19.7 Å². The van der Waals surface area contributed by atoms with Crippen LogP contribution in [0, 0.1) is 10.1 Å². The normalized spacial score (nSPS) is 10.5. The summed E-state index contributed by atoms with van der Waals surface area (Å²) in [4.78, 5) is 33.6. The number of nitro benzene ring substituents is 1. The lowest BCUT2D eigenvalue weighted by Crippen LogP contribution is -2.20. The van der Waals surface area contributed by atoms with Gasteiger partial charge in [-0.05, 0) is 18.2 Å². The van der Waals surface area contributed by atoms with Crippen molar-refractivity contribution in [1.82, 2.24) is 5.43 Å². The Morgan fingerprint density at radius 3 is 2.50 bits per heavy atom. The maximum atomic E-state index is 11.7. The van der Waals surface area contributed by atoms with Gasteiger partial charge in [-0.15, -0.1) is 0 Å². The fourth-order valence-electron chi connectivity index (χ4n) is 1.96. The van der Waals surface area contributed by atoms with Gasteiger partial charge in [-0.3, -0.25) is 19.7 Å². The molecular formula is C17H15ClN4O4. The highest BCUT2D eigenvalue weighted by molar-refractivity contribution is 6.32. The van der Waals surface area contributed by atoms with E-state index in [0.717, 1.165) is 0 Å². The smallest absolute Gasteiger partial charge is 0.288 e. The van der Waals surface area contributed by atoms with Gasteiger partial charge >= 0.3 is 0 Å². The van der Waals surface area contributed by atoms with Gasteiger partial charge in [-0.1, -0.05) is 35.9 Å². The van der Waals surface area contributed by atoms with Crippen molar-refractivity contribution >= 4 is 41.0 Å². The Balaban J connectivity index is 1.79. The first-order valence-corrected chi connectivity index (χ1v) is 7.94. The second-order valence-electron chi connectivity index (χ2n) is 5.18. The molecule has 2 N–H and O–H groups in total. The van der Waals surface area contributed by atoms with Gasteiger partial charge in [0.15, 0.2) is 0 Å². The van der Waals surface area contributed by atoms with Crippen LogP contribution < -0.4 is 10.7 Å². The summed E-state index contributed by atoms with van der Waals surface area (Å²) in [5, 5.41) is 17.2. The second-order valence-corrected chi connectivity index (χ2v) is 5.58. The molecule has 0 aliphatic heterocycles. The Hall–Kier alpha value is -3.26. The lowest BCUT2D eigenvalue weighted by atomic mass is 10.2. The lowest BCUT2D eigenvalue weighted by molar-refractivity contribution is -0.384. The maximum Gasteiger partial charge on any atom is 0.288 e. The van der Waals surface area contributed by atoms with Crippen LogP contribution >= 0.6 is 11.6 Å². The number of para-hydroxylation sites is 1. The van der Waals surface area contributed by atoms with Crippen LogP contribution in [0.25, 0.3) is 0 Å². The SMILES string of the molecule is O=C(CCC(=O)Nc1ccccc1)N/N=C/c1ccc(Cl)c([N+](=O)[O-])c1. The Morgan fingerprint density at radius 2 is 1.81 bits per heavy atom. The van der Waals surface area contributed by atoms with E-state index in [1.807, 2.05) is 6.07 Å². The summed E-state index contributed by atoms with van der Waals surface area (Å²) in [6.07, 6.45) is 1.21. The van der Waals surface area contributed by atoms with Gasteiger partial charge in [0.2, 0.25) is 11.8 Å². The standard InChI is InChI=1S/C17H15ClN4O4/c18-14-7-6-12(10-15(14)22(25)26)11-19-21-17(24)9-8-16(23)20-13-4-2-1-3-5-13/h1-7,10-11H,8-9H2,(H,20,23)(H,21,24)/b19-11+. The number of nitrogens with zero attached hydrogens (tertiary/aromatic N) is 2. The molecule has 2 aromatic rings. The van der Waals surface area contributed by atoms with Gasteiger partial charge in [-0.2, -0.15) is 5.10 Å². The summed E-state index contributed by atoms with van der Waals surface area (Å²) in [7, 11) is 0. The molecule has 0 atom stereocenters. The van der Waals surface area contributed by atoms with Crippen molar-refractivity contribution in [3.05, 3.63) is 69.2 Å². The van der Waals surface area contributed by atoms with Crippen molar-refractivity contribution in [2.75, 3.05) is 5.32 Å². The van der Waals surface area contributed by atoms with E-state index < -0.39 is 10.8 Å². The van der Waals surface area contributed by atoms with E-state index in [2.05, 4.69) is 15.8 Å². The summed E-state index contributed by atoms with van der Waals surface area (Å²) in [6.45, 7) is 0. The molecule has 0 heterocycles. The third-order valence-electron chi connectivity index (χ3n) is 3.21. The number of rotatable bonds is 7. The predicted molar refractivity (Wildman–Crippen MR) is 98.1 cm³/mol. The van der Waals surface area contributed by atoms with Crippen LogP contribution in [0.2, 0.25) is 5.02 Å². The molecule has 0 fully saturated rings. The van der Waals surface area contributed by atoms with Crippen LogP contribution in [-0.4, -0.2) is 23.0 Å². The molecule has 0 radical (unpaired) electrons. The maximum absolute atomic E-state index is 11.7. The summed E-state index contributed by atoms with van der Waals surface area (Å²) in [5.41, 5.74) is 3.07. The number of hydrogen-bond donors (Lipinski definition) is 2. The van der Waals surface area contributed by atoms with E-state index in [1.54, 1.807) is 24.3 Å². The van der Waals surface area contributed by atoms with Crippen molar-refractivity contribution in [1.29, 1.82) is 0 Å². The number of nitrogens with one attached hydrogen (secondary N) is 2. The third-order valence-corrected chi connectivity index (χ3v) is 3.53. The quantitative estimate of drug-likeness (QED) is 0.440. The zero-order chi connectivity index (χ0) is 18.9. The molecule has 9 heteroatoms. The summed E-state index contributed by atoms with van der Waals surface area (Å²) < 4.78 is 0. The van der Waals surface area contributed by atoms with Crippen molar-refractivity contribution in [2.24, 2.45) is 5.10 Å². The molecule has 2 rings (SSSR count). The first-order valence-electron chi connectivity index (χ1n) is 7.56. The number of amides is 2. The molecule has 2 amide bonds. The van der Waals surface area contributed by atoms with E-state index in [-0.39, 0.29) is 29.5 Å². The Bertz CT molecular complexity index is 840. The molecule has 2 aromatic carbocycles. The van der Waals surface area contributed by atoms with Crippen LogP contribution in [0.5, 0.6) is 0 Å². The number of hydrazone groups is 1. The largest absolute Gasteiger partial charge is 0.326 e. The molecule has 0 aliphatic carbocycles. The number of benzene rings is 2. The van der Waals surface area contributed by atoms with Gasteiger partial charge < -0.3 is 5.32 Å². The number of carbonyl (C=O) groups excluding carboxylic acids is 2. The molecule has 0 saturated heterocycles. The highest BCUT2D eigenvalue weighted by atomic mass is 35.5. The predicted octanol–water partition coefficient (Wildman–Crippen LogP) is 3.12. The molecule has 134 valence electrons. The number of anilines is 1. The van der Waals surface area contributed by atoms with Gasteiger partial charge in [0.1, 0.15) is 5.02 Å². The first kappa shape index (κ1) is 19.1. The molecule has 0 saturated carbocycles. The van der Waals surface area contributed by atoms with Crippen LogP contribution in [0.1, 0.15) is 18.4 Å². The van der Waals surface area contributed by atoms with Crippen LogP contribution in [0.4, 0.5) is 11.4 Å². The Labute approximate surface area is 154 Å². The fourth-order valence-corrected chi connectivity index (χ4v) is 2.14. The minimum absolute atomic E-state index is 0.00264. The van der Waals surface area contributed by atoms with Crippen molar-refractivity contribution in [3.8, 4) is 0 Å². The highest BCUT2D eigenvalue weighted by Gasteiger charge is 2.12. The molecule has 26 heavy (non-hydrogen) atoms. The average Bonchev–Trinajstić information content (AvgIpc) is 2.62. The summed E-state index contributed by atoms with van der Waals surface area (Å²) >= 11 is 5.71. The first-order chi connectivity index (χ1) is 12.5. The van der Waals surface area contributed by atoms with E-state index in [0.29, 0.717) is 11.3 Å². The lowest BCUT2D eigenvalue weighted by Gasteiger charge is -2.04. The van der Waals surface area contributed by atoms with Crippen LogP contribution in [0.3, 0.4) is 0 Å². The zero-order valence-corrected chi connectivity index (χ0v) is 14.3. The number of nitro groups is 1. The molecule has 0 bridgehead atoms. The van der Waals surface area contributed by atoms with Gasteiger partial charge in [0.05, 0.1) is 11.1 Å². The molecule has 8 nitrogen and oxygen atoms in total. The Kier molecular flexibility index (Phi) is 6.81. The minimum Gasteiger partial charge on any atom is -0.326 e. The van der Waals surface area contributed by atoms with Gasteiger partial charge in [-0.25, -0.2) is 5.43 Å². The zero-order valence-electron chi connectivity index (χ0n) is 13.5. The second kappa shape index (κ2) is 9.28. The van der Waals surface area contributed by atoms with Crippen molar-refractivity contribution in [3.63, 3.8) is 0 Å². The van der Waals surface area contributed by atoms with Crippen molar-refractivity contribution in [2.45, 2.75) is 12.8 Å². The molecule has 0 spiro atoms. The molecular weight excluding hydrogens is 360 g/mol. The molecule has 0 aliphatic rings. The third kappa shape index (κ3) is 5.99. The van der Waals surface area contributed by atoms with Crippen LogP contribution in [-0.2, 0) is 9.59 Å². The minimum atomic E-state index is -0.608.